The summed E-state index contributed by atoms with van der Waals surface area (Å²) in [5.74, 6) is 1.02. The van der Waals surface area contributed by atoms with Gasteiger partial charge in [-0.1, -0.05) is 6.92 Å². The van der Waals surface area contributed by atoms with Gasteiger partial charge in [-0.3, -0.25) is 0 Å². The molecule has 0 bridgehead atoms. The van der Waals surface area contributed by atoms with Gasteiger partial charge in [0.25, 0.3) is 0 Å². The molecule has 0 saturated carbocycles. The maximum atomic E-state index is 4.76. The second kappa shape index (κ2) is 4.90. The second-order valence-electron chi connectivity index (χ2n) is 0.870. The van der Waals surface area contributed by atoms with Crippen molar-refractivity contribution in [3.63, 3.8) is 0 Å². The molecule has 1 nitrogen and oxygen atoms in total. The molecule has 0 heterocycles. The highest BCUT2D eigenvalue weighted by Crippen LogP contribution is 1.78. The van der Waals surface area contributed by atoms with Gasteiger partial charge in [-0.05, 0) is 12.2 Å². The van der Waals surface area contributed by atoms with Crippen LogP contribution in [0, 0.1) is 0 Å². The van der Waals surface area contributed by atoms with Gasteiger partial charge < -0.3 is 16.5 Å². The minimum atomic E-state index is 0.817. The Bertz CT molecular complexity index is 56.1. The van der Waals surface area contributed by atoms with Gasteiger partial charge in [0.15, 0.2) is 5.49 Å². The van der Waals surface area contributed by atoms with Crippen molar-refractivity contribution in [2.75, 3.05) is 5.75 Å². The highest BCUT2D eigenvalue weighted by atomic mass is 32.2. The molecule has 7 heavy (non-hydrogen) atoms. The molecular weight excluding hydrogens is 146 g/mol. The van der Waals surface area contributed by atoms with E-state index in [9.17, 15) is 0 Å². The molecular formula is C3H7NS3. The fraction of sp³-hybridized carbons (Fsp3) is 0.667. The van der Waals surface area contributed by atoms with E-state index in [0.29, 0.717) is 0 Å². The Morgan fingerprint density at radius 2 is 2.57 bits per heavy atom. The van der Waals surface area contributed by atoms with Gasteiger partial charge in [-0.15, -0.1) is 0 Å². The summed E-state index contributed by atoms with van der Waals surface area (Å²) < 4.78 is 0.817. The second-order valence-corrected chi connectivity index (χ2v) is 3.11. The molecule has 0 aromatic carbocycles. The highest BCUT2D eigenvalue weighted by Gasteiger charge is 1.83. The van der Waals surface area contributed by atoms with Gasteiger partial charge in [0, 0.05) is 5.75 Å². The van der Waals surface area contributed by atoms with Gasteiger partial charge in [-0.25, -0.2) is 0 Å². The van der Waals surface area contributed by atoms with Gasteiger partial charge in [-0.2, -0.15) is 0 Å². The number of rotatable bonds is 3. The molecule has 4 heteroatoms. The van der Waals surface area contributed by atoms with Gasteiger partial charge >= 0.3 is 0 Å². The lowest BCUT2D eigenvalue weighted by molar-refractivity contribution is -0.444. The molecule has 42 valence electrons. The predicted octanol–water partition coefficient (Wildman–Crippen LogP) is -0.0415. The standard InChI is InChI=1S/C3H7NS3/c1-2-7-4(6)3-5/h3-4H,2H2,1H3. The van der Waals surface area contributed by atoms with E-state index < -0.39 is 0 Å². The van der Waals surface area contributed by atoms with Crippen molar-refractivity contribution >= 4 is 42.5 Å². The van der Waals surface area contributed by atoms with Crippen molar-refractivity contribution in [1.82, 2.24) is 0 Å². The minimum Gasteiger partial charge on any atom is -0.475 e. The molecule has 0 aromatic rings. The lowest BCUT2D eigenvalue weighted by Crippen LogP contribution is -2.98. The fourth-order valence-electron chi connectivity index (χ4n) is 0.176. The largest absolute Gasteiger partial charge is 0.475 e. The zero-order valence-corrected chi connectivity index (χ0v) is 6.46. The van der Waals surface area contributed by atoms with Crippen LogP contribution in [-0.2, 0) is 12.8 Å². The van der Waals surface area contributed by atoms with E-state index in [4.69, 9.17) is 12.8 Å². The summed E-state index contributed by atoms with van der Waals surface area (Å²) >= 11 is 10.9. The highest BCUT2D eigenvalue weighted by molar-refractivity contribution is 7.97. The Hall–Kier alpha value is 0.750. The summed E-state index contributed by atoms with van der Waals surface area (Å²) in [6, 6.07) is 0. The van der Waals surface area contributed by atoms with Crippen molar-refractivity contribution in [3.05, 3.63) is 0 Å². The van der Waals surface area contributed by atoms with Crippen molar-refractivity contribution in [2.45, 2.75) is 6.92 Å². The third-order valence-corrected chi connectivity index (χ3v) is 2.08. The number of nitrogens with one attached hydrogen (secondary N) is 1. The monoisotopic (exact) mass is 153 g/mol. The average molecular weight is 153 g/mol. The molecule has 0 spiro atoms. The summed E-state index contributed by atoms with van der Waals surface area (Å²) in [5.41, 5.74) is 1.53. The van der Waals surface area contributed by atoms with Gasteiger partial charge in [0.2, 0.25) is 0 Å². The Morgan fingerprint density at radius 1 is 2.00 bits per heavy atom. The van der Waals surface area contributed by atoms with Crippen molar-refractivity contribution in [1.29, 1.82) is 0 Å². The van der Waals surface area contributed by atoms with E-state index in [2.05, 4.69) is 19.1 Å². The third kappa shape index (κ3) is 4.61. The van der Waals surface area contributed by atoms with E-state index in [-0.39, 0.29) is 0 Å². The van der Waals surface area contributed by atoms with E-state index >= 15 is 0 Å². The van der Waals surface area contributed by atoms with Crippen LogP contribution in [0.15, 0.2) is 0 Å². The van der Waals surface area contributed by atoms with Crippen molar-refractivity contribution in [3.8, 4) is 0 Å². The topological polar surface area (TPSA) is 4.44 Å². The molecule has 0 saturated heterocycles. The van der Waals surface area contributed by atoms with Crippen molar-refractivity contribution < 1.29 is 3.71 Å². The molecule has 1 unspecified atom stereocenters. The van der Waals surface area contributed by atoms with E-state index in [0.717, 1.165) is 9.46 Å². The first-order chi connectivity index (χ1) is 3.31. The molecule has 0 aliphatic carbocycles. The lowest BCUT2D eigenvalue weighted by Gasteiger charge is -2.10. The molecule has 0 aliphatic heterocycles. The molecule has 0 rings (SSSR count). The normalized spacial score (nSPS) is 13.4. The Balaban J connectivity index is 2.98. The average Bonchev–Trinajstić information content (AvgIpc) is 1.68. The number of thiocarbonyl (C=S) groups is 1. The summed E-state index contributed by atoms with van der Waals surface area (Å²) in [5, 5.41) is 0. The zero-order chi connectivity index (χ0) is 5.70. The van der Waals surface area contributed by atoms with Crippen LogP contribution in [0.3, 0.4) is 0 Å². The van der Waals surface area contributed by atoms with Gasteiger partial charge in [0.05, 0.1) is 11.9 Å². The molecule has 0 fully saturated rings. The van der Waals surface area contributed by atoms with E-state index in [1.165, 1.54) is 5.49 Å². The molecule has 0 radical (unpaired) electrons. The first-order valence-electron chi connectivity index (χ1n) is 1.93. The summed E-state index contributed by atoms with van der Waals surface area (Å²) in [4.78, 5) is 0. The third-order valence-electron chi connectivity index (χ3n) is 0.383. The maximum absolute atomic E-state index is 4.76. The van der Waals surface area contributed by atoms with Crippen LogP contribution in [0.1, 0.15) is 6.92 Å². The summed E-state index contributed by atoms with van der Waals surface area (Å²) in [7, 11) is 0. The van der Waals surface area contributed by atoms with Crippen LogP contribution < -0.4 is 3.71 Å². The van der Waals surface area contributed by atoms with E-state index in [1.807, 2.05) is 0 Å². The first kappa shape index (κ1) is 7.75. The minimum absolute atomic E-state index is 0.817. The van der Waals surface area contributed by atoms with Crippen LogP contribution >= 0.6 is 24.2 Å². The summed E-state index contributed by atoms with van der Waals surface area (Å²) in [6.45, 7) is 2.05. The molecule has 1 atom stereocenters. The van der Waals surface area contributed by atoms with Crippen LogP contribution in [0.5, 0.6) is 0 Å². The maximum Gasteiger partial charge on any atom is 0.153 e. The predicted molar refractivity (Wildman–Crippen MR) is 40.1 cm³/mol. The Labute approximate surface area is 59.1 Å². The Kier molecular flexibility index (Phi) is 5.42. The van der Waals surface area contributed by atoms with Crippen molar-refractivity contribution in [2.24, 2.45) is 0 Å². The lowest BCUT2D eigenvalue weighted by atomic mass is 11.0. The molecule has 0 aromatic heterocycles. The first-order valence-corrected chi connectivity index (χ1v) is 3.79. The van der Waals surface area contributed by atoms with E-state index in [1.54, 1.807) is 11.9 Å². The quantitative estimate of drug-likeness (QED) is 0.345. The van der Waals surface area contributed by atoms with Crippen LogP contribution in [-0.4, -0.2) is 11.2 Å². The van der Waals surface area contributed by atoms with Gasteiger partial charge in [0.1, 0.15) is 0 Å². The smallest absolute Gasteiger partial charge is 0.153 e. The fourth-order valence-corrected chi connectivity index (χ4v) is 1.09. The number of quaternary nitrogens is 1. The number of hydrogen-bond donors (Lipinski definition) is 1. The van der Waals surface area contributed by atoms with Crippen LogP contribution in [0.25, 0.3) is 0 Å². The zero-order valence-electron chi connectivity index (χ0n) is 4.01. The number of hydrogen-bond acceptors (Lipinski definition) is 3. The molecule has 0 amide bonds. The Morgan fingerprint density at radius 3 is 2.71 bits per heavy atom. The SMILES string of the molecule is CCS[NH+]([S-])C=S. The van der Waals surface area contributed by atoms with Crippen LogP contribution in [0.2, 0.25) is 0 Å². The summed E-state index contributed by atoms with van der Waals surface area (Å²) in [6.07, 6.45) is 0. The molecule has 0 aliphatic rings. The van der Waals surface area contributed by atoms with Crippen LogP contribution in [0.4, 0.5) is 0 Å². The molecule has 1 N–H and O–H groups in total.